The van der Waals surface area contributed by atoms with Gasteiger partial charge in [0.2, 0.25) is 0 Å². The van der Waals surface area contributed by atoms with Gasteiger partial charge in [-0.3, -0.25) is 4.79 Å². The fraction of sp³-hybridized carbons (Fsp3) is 0.174. The van der Waals surface area contributed by atoms with E-state index < -0.39 is 0 Å². The first-order chi connectivity index (χ1) is 12.9. The van der Waals surface area contributed by atoms with Crippen molar-refractivity contribution < 1.29 is 4.79 Å². The lowest BCUT2D eigenvalue weighted by molar-refractivity contribution is 0.103. The number of carbonyl (C=O) groups excluding carboxylic acids is 1. The summed E-state index contributed by atoms with van der Waals surface area (Å²) in [6.45, 7) is 4.10. The van der Waals surface area contributed by atoms with Crippen LogP contribution < -0.4 is 0 Å². The van der Waals surface area contributed by atoms with Crippen LogP contribution in [-0.4, -0.2) is 11.7 Å². The smallest absolute Gasteiger partial charge is 0.194 e. The third-order valence-electron chi connectivity index (χ3n) is 4.42. The average molecular weight is 415 g/mol. The first-order valence-corrected chi connectivity index (χ1v) is 10.4. The van der Waals surface area contributed by atoms with Gasteiger partial charge in [0.05, 0.1) is 5.02 Å². The molecule has 4 heteroatoms. The quantitative estimate of drug-likeness (QED) is 0.312. The van der Waals surface area contributed by atoms with Gasteiger partial charge in [0, 0.05) is 32.2 Å². The van der Waals surface area contributed by atoms with Crippen molar-refractivity contribution in [3.05, 3.63) is 94.5 Å². The molecule has 138 valence electrons. The van der Waals surface area contributed by atoms with Crippen molar-refractivity contribution in [3.63, 3.8) is 0 Å². The van der Waals surface area contributed by atoms with E-state index in [1.807, 2.05) is 54.6 Å². The van der Waals surface area contributed by atoms with E-state index in [9.17, 15) is 4.79 Å². The molecule has 0 aliphatic carbocycles. The van der Waals surface area contributed by atoms with Gasteiger partial charge >= 0.3 is 0 Å². The summed E-state index contributed by atoms with van der Waals surface area (Å²) in [6, 6.07) is 23.3. The zero-order chi connectivity index (χ0) is 19.4. The summed E-state index contributed by atoms with van der Waals surface area (Å²) in [7, 11) is 0. The Balaban J connectivity index is 1.80. The summed E-state index contributed by atoms with van der Waals surface area (Å²) in [5, 5.41) is 0.457. The van der Waals surface area contributed by atoms with Crippen molar-refractivity contribution in [2.45, 2.75) is 29.1 Å². The molecular weight excluding hydrogens is 395 g/mol. The molecule has 0 radical (unpaired) electrons. The lowest BCUT2D eigenvalue weighted by atomic mass is 9.86. The Morgan fingerprint density at radius 2 is 1.56 bits per heavy atom. The standard InChI is InChI=1S/C23H20Cl2OS/c1-23(2,15-24)17-10-13-20(21(25)14-17)22(26)16-8-11-19(12-9-16)27-18-6-4-3-5-7-18/h3-14H,15H2,1-2H3. The zero-order valence-corrected chi connectivity index (χ0v) is 17.5. The molecule has 0 spiro atoms. The van der Waals surface area contributed by atoms with E-state index in [1.165, 1.54) is 0 Å². The van der Waals surface area contributed by atoms with E-state index >= 15 is 0 Å². The van der Waals surface area contributed by atoms with E-state index in [1.54, 1.807) is 17.8 Å². The third kappa shape index (κ3) is 4.76. The van der Waals surface area contributed by atoms with Crippen LogP contribution in [0.3, 0.4) is 0 Å². The number of ketones is 1. The number of carbonyl (C=O) groups is 1. The minimum Gasteiger partial charge on any atom is -0.289 e. The highest BCUT2D eigenvalue weighted by atomic mass is 35.5. The second-order valence-corrected chi connectivity index (χ2v) is 8.80. The molecule has 0 atom stereocenters. The first-order valence-electron chi connectivity index (χ1n) is 8.64. The summed E-state index contributed by atoms with van der Waals surface area (Å²) in [4.78, 5) is 15.1. The van der Waals surface area contributed by atoms with Crippen molar-refractivity contribution in [1.29, 1.82) is 0 Å². The number of hydrogen-bond acceptors (Lipinski definition) is 2. The van der Waals surface area contributed by atoms with Crippen LogP contribution in [0.15, 0.2) is 82.6 Å². The first kappa shape index (κ1) is 20.0. The molecular formula is C23H20Cl2OS. The van der Waals surface area contributed by atoms with Gasteiger partial charge < -0.3 is 0 Å². The van der Waals surface area contributed by atoms with Crippen LogP contribution in [0, 0.1) is 0 Å². The van der Waals surface area contributed by atoms with E-state index in [0.29, 0.717) is 22.0 Å². The van der Waals surface area contributed by atoms with Crippen molar-refractivity contribution in [3.8, 4) is 0 Å². The molecule has 0 amide bonds. The molecule has 0 aromatic heterocycles. The van der Waals surface area contributed by atoms with Gasteiger partial charge in [0.1, 0.15) is 0 Å². The van der Waals surface area contributed by atoms with Crippen LogP contribution in [-0.2, 0) is 5.41 Å². The van der Waals surface area contributed by atoms with Crippen LogP contribution in [0.5, 0.6) is 0 Å². The Morgan fingerprint density at radius 1 is 0.926 bits per heavy atom. The molecule has 27 heavy (non-hydrogen) atoms. The van der Waals surface area contributed by atoms with E-state index in [-0.39, 0.29) is 11.2 Å². The summed E-state index contributed by atoms with van der Waals surface area (Å²) in [5.74, 6) is 0.406. The molecule has 0 N–H and O–H groups in total. The fourth-order valence-corrected chi connectivity index (χ4v) is 3.91. The molecule has 1 nitrogen and oxygen atoms in total. The largest absolute Gasteiger partial charge is 0.289 e. The molecule has 0 unspecified atom stereocenters. The molecule has 3 rings (SSSR count). The second-order valence-electron chi connectivity index (χ2n) is 6.98. The Bertz CT molecular complexity index is 934. The summed E-state index contributed by atoms with van der Waals surface area (Å²) < 4.78 is 0. The Hall–Kier alpha value is -1.74. The molecule has 0 saturated carbocycles. The van der Waals surface area contributed by atoms with Gasteiger partial charge in [0.25, 0.3) is 0 Å². The summed E-state index contributed by atoms with van der Waals surface area (Å²) in [6.07, 6.45) is 0. The molecule has 0 fully saturated rings. The number of benzene rings is 3. The third-order valence-corrected chi connectivity index (χ3v) is 6.42. The maximum absolute atomic E-state index is 12.8. The molecule has 3 aromatic rings. The zero-order valence-electron chi connectivity index (χ0n) is 15.2. The van der Waals surface area contributed by atoms with Gasteiger partial charge in [-0.15, -0.1) is 11.6 Å². The Morgan fingerprint density at radius 3 is 2.15 bits per heavy atom. The normalized spacial score (nSPS) is 11.4. The van der Waals surface area contributed by atoms with Crippen molar-refractivity contribution >= 4 is 40.7 Å². The van der Waals surface area contributed by atoms with Crippen molar-refractivity contribution in [2.24, 2.45) is 0 Å². The van der Waals surface area contributed by atoms with E-state index in [4.69, 9.17) is 23.2 Å². The van der Waals surface area contributed by atoms with Crippen LogP contribution >= 0.6 is 35.0 Å². The lowest BCUT2D eigenvalue weighted by Crippen LogP contribution is -2.19. The maximum atomic E-state index is 12.8. The molecule has 0 aliphatic heterocycles. The highest BCUT2D eigenvalue weighted by Crippen LogP contribution is 2.31. The van der Waals surface area contributed by atoms with Gasteiger partial charge in [-0.05, 0) is 54.1 Å². The predicted molar refractivity (Wildman–Crippen MR) is 116 cm³/mol. The average Bonchev–Trinajstić information content (AvgIpc) is 2.69. The molecule has 0 heterocycles. The van der Waals surface area contributed by atoms with Crippen LogP contribution in [0.2, 0.25) is 5.02 Å². The monoisotopic (exact) mass is 414 g/mol. The van der Waals surface area contributed by atoms with Crippen LogP contribution in [0.1, 0.15) is 35.3 Å². The van der Waals surface area contributed by atoms with Gasteiger partial charge in [0.15, 0.2) is 5.78 Å². The minimum absolute atomic E-state index is 0.0773. The molecule has 0 saturated heterocycles. The molecule has 0 bridgehead atoms. The van der Waals surface area contributed by atoms with Gasteiger partial charge in [-0.25, -0.2) is 0 Å². The maximum Gasteiger partial charge on any atom is 0.194 e. The van der Waals surface area contributed by atoms with E-state index in [2.05, 4.69) is 26.0 Å². The summed E-state index contributed by atoms with van der Waals surface area (Å²) in [5.41, 5.74) is 1.96. The lowest BCUT2D eigenvalue weighted by Gasteiger charge is -2.22. The Kier molecular flexibility index (Phi) is 6.31. The van der Waals surface area contributed by atoms with Crippen molar-refractivity contribution in [1.82, 2.24) is 0 Å². The molecule has 0 aliphatic rings. The highest BCUT2D eigenvalue weighted by molar-refractivity contribution is 7.99. The number of alkyl halides is 1. The van der Waals surface area contributed by atoms with Crippen LogP contribution in [0.25, 0.3) is 0 Å². The van der Waals surface area contributed by atoms with Crippen molar-refractivity contribution in [2.75, 3.05) is 5.88 Å². The van der Waals surface area contributed by atoms with Crippen LogP contribution in [0.4, 0.5) is 0 Å². The number of rotatable bonds is 6. The van der Waals surface area contributed by atoms with Gasteiger partial charge in [-0.1, -0.05) is 61.5 Å². The Labute approximate surface area is 174 Å². The second kappa shape index (κ2) is 8.52. The highest BCUT2D eigenvalue weighted by Gasteiger charge is 2.21. The minimum atomic E-state index is -0.191. The fourth-order valence-electron chi connectivity index (χ4n) is 2.65. The number of halogens is 2. The summed E-state index contributed by atoms with van der Waals surface area (Å²) >= 11 is 14.1. The predicted octanol–water partition coefficient (Wildman–Crippen LogP) is 7.24. The van der Waals surface area contributed by atoms with E-state index in [0.717, 1.165) is 15.4 Å². The van der Waals surface area contributed by atoms with Gasteiger partial charge in [-0.2, -0.15) is 0 Å². The number of hydrogen-bond donors (Lipinski definition) is 0. The molecule has 3 aromatic carbocycles. The SMILES string of the molecule is CC(C)(CCl)c1ccc(C(=O)c2ccc(Sc3ccccc3)cc2)c(Cl)c1. The topological polar surface area (TPSA) is 17.1 Å².